The molecule has 18 heavy (non-hydrogen) atoms. The van der Waals surface area contributed by atoms with E-state index in [1.165, 1.54) is 7.05 Å². The van der Waals surface area contributed by atoms with Gasteiger partial charge in [-0.25, -0.2) is 18.0 Å². The Morgan fingerprint density at radius 2 is 1.94 bits per heavy atom. The third-order valence-corrected chi connectivity index (χ3v) is 3.08. The lowest BCUT2D eigenvalue weighted by atomic mass is 10.2. The van der Waals surface area contributed by atoms with E-state index in [1.807, 2.05) is 0 Å². The molecule has 0 saturated carbocycles. The Labute approximate surface area is 106 Å². The zero-order valence-corrected chi connectivity index (χ0v) is 11.1. The van der Waals surface area contributed by atoms with E-state index in [1.54, 1.807) is 0 Å². The third kappa shape index (κ3) is 7.07. The molecule has 0 radical (unpaired) electrons. The molecule has 0 bridgehead atoms. The van der Waals surface area contributed by atoms with Crippen LogP contribution >= 0.6 is 0 Å². The molecule has 0 rings (SSSR count). The molecule has 9 heteroatoms. The second kappa shape index (κ2) is 7.17. The van der Waals surface area contributed by atoms with Crippen molar-refractivity contribution in [2.75, 3.05) is 32.2 Å². The van der Waals surface area contributed by atoms with Gasteiger partial charge in [0.05, 0.1) is 5.75 Å². The number of carbonyl (C=O) groups excluding carboxylic acids is 1. The maximum Gasteiger partial charge on any atom is 0.326 e. The van der Waals surface area contributed by atoms with Gasteiger partial charge in [-0.2, -0.15) is 0 Å². The Morgan fingerprint density at radius 1 is 1.39 bits per heavy atom. The number of carboxylic acid groups (broad SMARTS) is 1. The first kappa shape index (κ1) is 16.6. The van der Waals surface area contributed by atoms with Crippen molar-refractivity contribution in [2.45, 2.75) is 12.5 Å². The highest BCUT2D eigenvalue weighted by molar-refractivity contribution is 7.90. The van der Waals surface area contributed by atoms with E-state index >= 15 is 0 Å². The summed E-state index contributed by atoms with van der Waals surface area (Å²) >= 11 is 0. The molecular weight excluding hydrogens is 264 g/mol. The molecule has 2 amide bonds. The van der Waals surface area contributed by atoms with Crippen molar-refractivity contribution in [3.8, 4) is 0 Å². The van der Waals surface area contributed by atoms with Crippen LogP contribution in [-0.2, 0) is 14.6 Å². The number of aliphatic carboxylic acids is 1. The van der Waals surface area contributed by atoms with Gasteiger partial charge in [0.25, 0.3) is 0 Å². The number of carboxylic acids is 1. The van der Waals surface area contributed by atoms with E-state index < -0.39 is 27.9 Å². The standard InChI is InChI=1S/C9H18N2O6S/c1-11(4-6-18(2,16)17)9(15)10-7(3-5-12)8(13)14/h7,12H,3-6H2,1-2H3,(H,10,15)(H,13,14)/t7-/m1/s1. The molecule has 1 atom stereocenters. The summed E-state index contributed by atoms with van der Waals surface area (Å²) in [6, 6.07) is -1.89. The quantitative estimate of drug-likeness (QED) is 0.522. The molecule has 0 aliphatic carbocycles. The third-order valence-electron chi connectivity index (χ3n) is 2.16. The molecule has 0 aromatic carbocycles. The molecule has 0 unspecified atom stereocenters. The van der Waals surface area contributed by atoms with Crippen LogP contribution < -0.4 is 5.32 Å². The monoisotopic (exact) mass is 282 g/mol. The van der Waals surface area contributed by atoms with Gasteiger partial charge in [0.15, 0.2) is 0 Å². The molecule has 8 nitrogen and oxygen atoms in total. The van der Waals surface area contributed by atoms with Crippen molar-refractivity contribution in [1.82, 2.24) is 10.2 Å². The summed E-state index contributed by atoms with van der Waals surface area (Å²) in [5.74, 6) is -1.46. The summed E-state index contributed by atoms with van der Waals surface area (Å²) in [5.41, 5.74) is 0. The topological polar surface area (TPSA) is 124 Å². The van der Waals surface area contributed by atoms with Crippen LogP contribution in [0.4, 0.5) is 4.79 Å². The predicted octanol–water partition coefficient (Wildman–Crippen LogP) is -1.49. The van der Waals surface area contributed by atoms with Crippen molar-refractivity contribution in [1.29, 1.82) is 0 Å². The second-order valence-corrected chi connectivity index (χ2v) is 6.16. The van der Waals surface area contributed by atoms with Gasteiger partial charge in [0, 0.05) is 32.9 Å². The van der Waals surface area contributed by atoms with Gasteiger partial charge < -0.3 is 20.4 Å². The summed E-state index contributed by atoms with van der Waals surface area (Å²) in [6.07, 6.45) is 0.936. The molecule has 3 N–H and O–H groups in total. The Balaban J connectivity index is 4.33. The van der Waals surface area contributed by atoms with Crippen LogP contribution in [0.1, 0.15) is 6.42 Å². The second-order valence-electron chi connectivity index (χ2n) is 3.90. The first-order chi connectivity index (χ1) is 8.17. The summed E-state index contributed by atoms with van der Waals surface area (Å²) in [4.78, 5) is 23.3. The Hall–Kier alpha value is -1.35. The molecule has 0 spiro atoms. The minimum atomic E-state index is -3.19. The van der Waals surface area contributed by atoms with Gasteiger partial charge in [-0.15, -0.1) is 0 Å². The molecule has 0 aliphatic rings. The van der Waals surface area contributed by atoms with Crippen molar-refractivity contribution in [3.05, 3.63) is 0 Å². The summed E-state index contributed by atoms with van der Waals surface area (Å²) in [6.45, 7) is -0.402. The van der Waals surface area contributed by atoms with Crippen molar-refractivity contribution in [3.63, 3.8) is 0 Å². The fourth-order valence-electron chi connectivity index (χ4n) is 1.05. The Morgan fingerprint density at radius 3 is 2.33 bits per heavy atom. The average molecular weight is 282 g/mol. The summed E-state index contributed by atoms with van der Waals surface area (Å²) in [5, 5.41) is 19.6. The lowest BCUT2D eigenvalue weighted by Gasteiger charge is -2.20. The number of aliphatic hydroxyl groups excluding tert-OH is 1. The van der Waals surface area contributed by atoms with Gasteiger partial charge >= 0.3 is 12.0 Å². The Bertz CT molecular complexity index is 394. The maximum atomic E-state index is 11.5. The zero-order valence-electron chi connectivity index (χ0n) is 10.3. The molecule has 106 valence electrons. The van der Waals surface area contributed by atoms with Crippen LogP contribution in [0.15, 0.2) is 0 Å². The first-order valence-electron chi connectivity index (χ1n) is 5.20. The Kier molecular flexibility index (Phi) is 6.63. The smallest absolute Gasteiger partial charge is 0.326 e. The van der Waals surface area contributed by atoms with E-state index in [-0.39, 0.29) is 25.3 Å². The minimum absolute atomic E-state index is 0.0316. The highest BCUT2D eigenvalue weighted by atomic mass is 32.2. The number of hydrogen-bond donors (Lipinski definition) is 3. The number of sulfone groups is 1. The largest absolute Gasteiger partial charge is 0.480 e. The van der Waals surface area contributed by atoms with Gasteiger partial charge in [0.2, 0.25) is 0 Å². The minimum Gasteiger partial charge on any atom is -0.480 e. The molecule has 0 saturated heterocycles. The SMILES string of the molecule is CN(CCS(C)(=O)=O)C(=O)N[C@H](CCO)C(=O)O. The van der Waals surface area contributed by atoms with E-state index in [0.717, 1.165) is 11.2 Å². The molecule has 0 heterocycles. The number of aliphatic hydroxyl groups is 1. The van der Waals surface area contributed by atoms with E-state index in [0.29, 0.717) is 0 Å². The van der Waals surface area contributed by atoms with Crippen LogP contribution in [0.3, 0.4) is 0 Å². The van der Waals surface area contributed by atoms with Crippen LogP contribution in [0.5, 0.6) is 0 Å². The number of hydrogen-bond acceptors (Lipinski definition) is 5. The zero-order chi connectivity index (χ0) is 14.3. The van der Waals surface area contributed by atoms with Crippen LogP contribution in [0.2, 0.25) is 0 Å². The van der Waals surface area contributed by atoms with Crippen molar-refractivity contribution >= 4 is 21.8 Å². The number of urea groups is 1. The number of carbonyl (C=O) groups is 2. The van der Waals surface area contributed by atoms with E-state index in [9.17, 15) is 18.0 Å². The summed E-state index contributed by atoms with van der Waals surface area (Å²) < 4.78 is 21.8. The fourth-order valence-corrected chi connectivity index (χ4v) is 1.66. The van der Waals surface area contributed by atoms with Crippen LogP contribution in [0, 0.1) is 0 Å². The van der Waals surface area contributed by atoms with Crippen LogP contribution in [-0.4, -0.2) is 73.8 Å². The normalized spacial score (nSPS) is 12.8. The number of amides is 2. The highest BCUT2D eigenvalue weighted by Crippen LogP contribution is 1.95. The van der Waals surface area contributed by atoms with Crippen molar-refractivity contribution in [2.24, 2.45) is 0 Å². The molecule has 0 aromatic rings. The van der Waals surface area contributed by atoms with Gasteiger partial charge in [-0.05, 0) is 0 Å². The average Bonchev–Trinajstić information content (AvgIpc) is 2.23. The lowest BCUT2D eigenvalue weighted by molar-refractivity contribution is -0.139. The lowest BCUT2D eigenvalue weighted by Crippen LogP contribution is -2.47. The molecule has 0 aliphatic heterocycles. The van der Waals surface area contributed by atoms with E-state index in [2.05, 4.69) is 5.32 Å². The number of nitrogens with zero attached hydrogens (tertiary/aromatic N) is 1. The fraction of sp³-hybridized carbons (Fsp3) is 0.778. The van der Waals surface area contributed by atoms with Gasteiger partial charge in [0.1, 0.15) is 15.9 Å². The van der Waals surface area contributed by atoms with Gasteiger partial charge in [-0.3, -0.25) is 0 Å². The predicted molar refractivity (Wildman–Crippen MR) is 64.0 cm³/mol. The number of nitrogens with one attached hydrogen (secondary N) is 1. The van der Waals surface area contributed by atoms with Gasteiger partial charge in [-0.1, -0.05) is 0 Å². The highest BCUT2D eigenvalue weighted by Gasteiger charge is 2.21. The van der Waals surface area contributed by atoms with Crippen LogP contribution in [0.25, 0.3) is 0 Å². The molecular formula is C9H18N2O6S. The maximum absolute atomic E-state index is 11.5. The summed E-state index contributed by atoms with van der Waals surface area (Å²) in [7, 11) is -1.83. The van der Waals surface area contributed by atoms with E-state index in [4.69, 9.17) is 10.2 Å². The first-order valence-corrected chi connectivity index (χ1v) is 7.26. The van der Waals surface area contributed by atoms with Crippen molar-refractivity contribution < 1.29 is 28.2 Å². The molecule has 0 aromatic heterocycles. The number of rotatable bonds is 7. The molecule has 0 fully saturated rings.